The first-order chi connectivity index (χ1) is 14.1. The van der Waals surface area contributed by atoms with Crippen molar-refractivity contribution in [2.75, 3.05) is 11.9 Å². The highest BCUT2D eigenvalue weighted by Crippen LogP contribution is 2.29. The first-order valence-corrected chi connectivity index (χ1v) is 11.4. The monoisotopic (exact) mass is 428 g/mol. The van der Waals surface area contributed by atoms with Crippen molar-refractivity contribution < 1.29 is 9.59 Å². The van der Waals surface area contributed by atoms with Crippen LogP contribution in [0.5, 0.6) is 0 Å². The highest BCUT2D eigenvalue weighted by Gasteiger charge is 2.35. The number of rotatable bonds is 6. The van der Waals surface area contributed by atoms with Crippen molar-refractivity contribution in [1.82, 2.24) is 15.1 Å². The van der Waals surface area contributed by atoms with E-state index >= 15 is 0 Å². The average Bonchev–Trinajstić information content (AvgIpc) is 3.29. The lowest BCUT2D eigenvalue weighted by Crippen LogP contribution is -2.43. The zero-order chi connectivity index (χ0) is 21.9. The van der Waals surface area contributed by atoms with Gasteiger partial charge in [0.1, 0.15) is 11.0 Å². The Morgan fingerprint density at radius 3 is 2.77 bits per heavy atom. The second-order valence-electron chi connectivity index (χ2n) is 9.59. The lowest BCUT2D eigenvalue weighted by atomic mass is 9.84. The van der Waals surface area contributed by atoms with Gasteiger partial charge in [-0.15, -0.1) is 10.2 Å². The molecule has 0 bridgehead atoms. The Labute approximate surface area is 183 Å². The molecule has 6 nitrogen and oxygen atoms in total. The van der Waals surface area contributed by atoms with Gasteiger partial charge in [0.2, 0.25) is 16.9 Å². The number of carbonyl (C=O) groups is 2. The summed E-state index contributed by atoms with van der Waals surface area (Å²) in [4.78, 5) is 27.5. The van der Waals surface area contributed by atoms with Gasteiger partial charge in [-0.05, 0) is 43.6 Å². The van der Waals surface area contributed by atoms with E-state index in [1.54, 1.807) is 4.90 Å². The van der Waals surface area contributed by atoms with E-state index in [1.165, 1.54) is 11.3 Å². The van der Waals surface area contributed by atoms with Gasteiger partial charge in [-0.3, -0.25) is 14.9 Å². The van der Waals surface area contributed by atoms with E-state index in [0.29, 0.717) is 30.4 Å². The molecule has 2 atom stereocenters. The van der Waals surface area contributed by atoms with E-state index in [4.69, 9.17) is 0 Å². The molecule has 30 heavy (non-hydrogen) atoms. The minimum atomic E-state index is -0.425. The zero-order valence-electron chi connectivity index (χ0n) is 18.6. The second kappa shape index (κ2) is 9.25. The van der Waals surface area contributed by atoms with Crippen LogP contribution < -0.4 is 5.32 Å². The fourth-order valence-electron chi connectivity index (χ4n) is 4.23. The van der Waals surface area contributed by atoms with Gasteiger partial charge in [-0.1, -0.05) is 62.8 Å². The maximum absolute atomic E-state index is 12.9. The first kappa shape index (κ1) is 22.4. The van der Waals surface area contributed by atoms with Crippen LogP contribution in [0.2, 0.25) is 0 Å². The number of benzene rings is 1. The fraction of sp³-hybridized carbons (Fsp3) is 0.565. The highest BCUT2D eigenvalue weighted by atomic mass is 32.1. The summed E-state index contributed by atoms with van der Waals surface area (Å²) in [5.41, 5.74) is 2.32. The average molecular weight is 429 g/mol. The summed E-state index contributed by atoms with van der Waals surface area (Å²) >= 11 is 1.35. The molecule has 2 unspecified atom stereocenters. The van der Waals surface area contributed by atoms with Crippen LogP contribution in [0.4, 0.5) is 5.13 Å². The summed E-state index contributed by atoms with van der Waals surface area (Å²) in [5, 5.41) is 12.4. The van der Waals surface area contributed by atoms with E-state index in [1.807, 2.05) is 31.2 Å². The van der Waals surface area contributed by atoms with Gasteiger partial charge in [0.25, 0.3) is 0 Å². The maximum Gasteiger partial charge on any atom is 0.249 e. The van der Waals surface area contributed by atoms with Crippen molar-refractivity contribution >= 4 is 28.3 Å². The van der Waals surface area contributed by atoms with Crippen molar-refractivity contribution in [3.05, 3.63) is 29.8 Å². The van der Waals surface area contributed by atoms with Crippen molar-refractivity contribution in [3.8, 4) is 10.6 Å². The van der Waals surface area contributed by atoms with Crippen LogP contribution in [-0.2, 0) is 9.59 Å². The van der Waals surface area contributed by atoms with Crippen LogP contribution in [0.3, 0.4) is 0 Å². The summed E-state index contributed by atoms with van der Waals surface area (Å²) in [6, 6.07) is 7.61. The number of aromatic nitrogens is 2. The molecule has 1 saturated heterocycles. The molecular weight excluding hydrogens is 396 g/mol. The Morgan fingerprint density at radius 2 is 2.07 bits per heavy atom. The second-order valence-corrected chi connectivity index (χ2v) is 10.6. The summed E-state index contributed by atoms with van der Waals surface area (Å²) in [6.07, 6.45) is 3.00. The molecule has 3 rings (SSSR count). The Morgan fingerprint density at radius 1 is 1.30 bits per heavy atom. The zero-order valence-corrected chi connectivity index (χ0v) is 19.4. The van der Waals surface area contributed by atoms with Gasteiger partial charge in [-0.25, -0.2) is 0 Å². The van der Waals surface area contributed by atoms with Gasteiger partial charge in [0.05, 0.1) is 0 Å². The van der Waals surface area contributed by atoms with Crippen LogP contribution in [0, 0.1) is 18.3 Å². The van der Waals surface area contributed by atoms with Crippen LogP contribution in [0.1, 0.15) is 58.9 Å². The Kier molecular flexibility index (Phi) is 6.91. The van der Waals surface area contributed by atoms with Crippen LogP contribution >= 0.6 is 11.3 Å². The van der Waals surface area contributed by atoms with E-state index < -0.39 is 6.04 Å². The minimum Gasteiger partial charge on any atom is -0.331 e. The molecule has 0 spiro atoms. The Hall–Kier alpha value is -2.28. The van der Waals surface area contributed by atoms with Crippen molar-refractivity contribution in [2.45, 2.75) is 66.3 Å². The molecule has 7 heteroatoms. The fourth-order valence-corrected chi connectivity index (χ4v) is 4.97. The van der Waals surface area contributed by atoms with Gasteiger partial charge in [0.15, 0.2) is 0 Å². The van der Waals surface area contributed by atoms with Gasteiger partial charge >= 0.3 is 0 Å². The normalized spacial score (nSPS) is 17.8. The van der Waals surface area contributed by atoms with Crippen molar-refractivity contribution in [3.63, 3.8) is 0 Å². The molecule has 1 fully saturated rings. The number of nitrogens with zero attached hydrogens (tertiary/aromatic N) is 3. The minimum absolute atomic E-state index is 0.0714. The summed E-state index contributed by atoms with van der Waals surface area (Å²) < 4.78 is 0. The smallest absolute Gasteiger partial charge is 0.249 e. The summed E-state index contributed by atoms with van der Waals surface area (Å²) in [5.74, 6) is 0.195. The number of hydrogen-bond acceptors (Lipinski definition) is 5. The largest absolute Gasteiger partial charge is 0.331 e. The molecule has 2 heterocycles. The molecule has 0 radical (unpaired) electrons. The third-order valence-corrected chi connectivity index (χ3v) is 6.17. The lowest BCUT2D eigenvalue weighted by Gasteiger charge is -2.27. The van der Waals surface area contributed by atoms with Gasteiger partial charge in [-0.2, -0.15) is 0 Å². The number of likely N-dealkylation sites (tertiary alicyclic amines) is 1. The topological polar surface area (TPSA) is 75.2 Å². The molecule has 0 saturated carbocycles. The van der Waals surface area contributed by atoms with Crippen LogP contribution in [0.15, 0.2) is 24.3 Å². The van der Waals surface area contributed by atoms with E-state index in [-0.39, 0.29) is 17.2 Å². The molecule has 1 aromatic heterocycles. The Balaban J connectivity index is 1.61. The predicted octanol–water partition coefficient (Wildman–Crippen LogP) is 4.91. The maximum atomic E-state index is 12.9. The summed E-state index contributed by atoms with van der Waals surface area (Å²) in [7, 11) is 0. The number of amides is 2. The molecule has 1 aliphatic heterocycles. The SMILES string of the molecule is Cc1cccc(-c2nnc(NC(=O)C3CCCN3C(=O)CC(C)CC(C)(C)C)s2)c1. The number of nitrogens with one attached hydrogen (secondary N) is 1. The molecule has 1 aromatic carbocycles. The molecular formula is C23H32N4O2S. The molecule has 0 aliphatic carbocycles. The van der Waals surface area contributed by atoms with Gasteiger partial charge in [0, 0.05) is 18.5 Å². The van der Waals surface area contributed by atoms with Crippen LogP contribution in [-0.4, -0.2) is 39.5 Å². The van der Waals surface area contributed by atoms with Gasteiger partial charge < -0.3 is 4.90 Å². The summed E-state index contributed by atoms with van der Waals surface area (Å²) in [6.45, 7) is 11.3. The molecule has 2 aromatic rings. The predicted molar refractivity (Wildman–Crippen MR) is 121 cm³/mol. The third kappa shape index (κ3) is 5.88. The molecule has 1 N–H and O–H groups in total. The standard InChI is InChI=1S/C23H32N4O2S/c1-15-8-6-9-17(12-15)21-25-26-22(30-21)24-20(29)18-10-7-11-27(18)19(28)13-16(2)14-23(3,4)5/h6,8-9,12,16,18H,7,10-11,13-14H2,1-5H3,(H,24,26,29). The number of hydrogen-bond donors (Lipinski definition) is 1. The third-order valence-electron chi connectivity index (χ3n) is 5.28. The molecule has 1 aliphatic rings. The van der Waals surface area contributed by atoms with E-state index in [2.05, 4.69) is 43.2 Å². The number of carbonyl (C=O) groups excluding carboxylic acids is 2. The Bertz CT molecular complexity index is 903. The number of anilines is 1. The van der Waals surface area contributed by atoms with E-state index in [0.717, 1.165) is 29.0 Å². The highest BCUT2D eigenvalue weighted by molar-refractivity contribution is 7.18. The quantitative estimate of drug-likeness (QED) is 0.710. The molecule has 2 amide bonds. The van der Waals surface area contributed by atoms with Crippen molar-refractivity contribution in [2.24, 2.45) is 11.3 Å². The molecule has 162 valence electrons. The first-order valence-electron chi connectivity index (χ1n) is 10.6. The van der Waals surface area contributed by atoms with Crippen LogP contribution in [0.25, 0.3) is 10.6 Å². The van der Waals surface area contributed by atoms with E-state index in [9.17, 15) is 9.59 Å². The lowest BCUT2D eigenvalue weighted by molar-refractivity contribution is -0.137. The number of aryl methyl sites for hydroxylation is 1. The van der Waals surface area contributed by atoms with Crippen molar-refractivity contribution in [1.29, 1.82) is 0 Å².